The number of aliphatic hydroxyl groups excluding tert-OH is 1. The summed E-state index contributed by atoms with van der Waals surface area (Å²) in [6.45, 7) is 4.70. The third-order valence-electron chi connectivity index (χ3n) is 4.23. The molecule has 2 fully saturated rings. The minimum Gasteiger partial charge on any atom is -0.393 e. The van der Waals surface area contributed by atoms with E-state index in [9.17, 15) is 5.11 Å². The largest absolute Gasteiger partial charge is 0.393 e. The summed E-state index contributed by atoms with van der Waals surface area (Å²) >= 11 is 0. The van der Waals surface area contributed by atoms with Crippen LogP contribution in [0.2, 0.25) is 0 Å². The second kappa shape index (κ2) is 3.61. The molecule has 0 aliphatic heterocycles. The Hall–Kier alpha value is -0.0400. The molecule has 13 heavy (non-hydrogen) atoms. The number of aliphatic hydroxyl groups is 1. The molecule has 2 saturated carbocycles. The zero-order valence-electron chi connectivity index (χ0n) is 8.87. The van der Waals surface area contributed by atoms with Crippen molar-refractivity contribution in [1.82, 2.24) is 0 Å². The minimum absolute atomic E-state index is 0.0370. The maximum absolute atomic E-state index is 10.0. The van der Waals surface area contributed by atoms with Crippen LogP contribution < -0.4 is 0 Å². The van der Waals surface area contributed by atoms with Crippen molar-refractivity contribution < 1.29 is 5.11 Å². The molecular weight excluding hydrogens is 160 g/mol. The van der Waals surface area contributed by atoms with Gasteiger partial charge in [-0.05, 0) is 49.4 Å². The van der Waals surface area contributed by atoms with Crippen molar-refractivity contribution in [2.75, 3.05) is 0 Å². The molecule has 0 spiro atoms. The monoisotopic (exact) mass is 182 g/mol. The van der Waals surface area contributed by atoms with E-state index in [4.69, 9.17) is 0 Å². The first kappa shape index (κ1) is 9.51. The van der Waals surface area contributed by atoms with Crippen LogP contribution in [0, 0.1) is 23.7 Å². The van der Waals surface area contributed by atoms with Gasteiger partial charge in [-0.15, -0.1) is 0 Å². The Morgan fingerprint density at radius 1 is 0.923 bits per heavy atom. The summed E-state index contributed by atoms with van der Waals surface area (Å²) < 4.78 is 0. The van der Waals surface area contributed by atoms with E-state index >= 15 is 0 Å². The average Bonchev–Trinajstić information content (AvgIpc) is 2.91. The summed E-state index contributed by atoms with van der Waals surface area (Å²) in [6.07, 6.45) is 6.45. The van der Waals surface area contributed by atoms with Gasteiger partial charge in [-0.3, -0.25) is 0 Å². The standard InChI is InChI=1S/C12H22O/c1-8-3-4-11(7-9(8)2)12(13)10-5-6-10/h8-13H,3-7H2,1-2H3. The van der Waals surface area contributed by atoms with Crippen LogP contribution >= 0.6 is 0 Å². The summed E-state index contributed by atoms with van der Waals surface area (Å²) in [6, 6.07) is 0. The first-order valence-corrected chi connectivity index (χ1v) is 5.86. The predicted molar refractivity (Wildman–Crippen MR) is 54.4 cm³/mol. The van der Waals surface area contributed by atoms with Gasteiger partial charge in [0.2, 0.25) is 0 Å². The van der Waals surface area contributed by atoms with Crippen molar-refractivity contribution in [3.05, 3.63) is 0 Å². The van der Waals surface area contributed by atoms with Gasteiger partial charge in [0, 0.05) is 0 Å². The molecule has 1 nitrogen and oxygen atoms in total. The van der Waals surface area contributed by atoms with Crippen LogP contribution in [0.4, 0.5) is 0 Å². The van der Waals surface area contributed by atoms with Crippen molar-refractivity contribution in [2.45, 2.75) is 52.1 Å². The summed E-state index contributed by atoms with van der Waals surface area (Å²) in [5.41, 5.74) is 0. The van der Waals surface area contributed by atoms with E-state index in [0.717, 1.165) is 11.8 Å². The fourth-order valence-electron chi connectivity index (χ4n) is 2.72. The summed E-state index contributed by atoms with van der Waals surface area (Å²) in [5, 5.41) is 10.0. The van der Waals surface area contributed by atoms with Gasteiger partial charge in [0.05, 0.1) is 6.10 Å². The van der Waals surface area contributed by atoms with Gasteiger partial charge in [0.25, 0.3) is 0 Å². The van der Waals surface area contributed by atoms with Crippen molar-refractivity contribution in [1.29, 1.82) is 0 Å². The Bertz CT molecular complexity index is 174. The molecule has 0 heterocycles. The van der Waals surface area contributed by atoms with Crippen LogP contribution in [0.15, 0.2) is 0 Å². The van der Waals surface area contributed by atoms with E-state index in [1.165, 1.54) is 32.1 Å². The highest BCUT2D eigenvalue weighted by molar-refractivity contribution is 4.88. The highest BCUT2D eigenvalue weighted by atomic mass is 16.3. The molecule has 0 radical (unpaired) electrons. The van der Waals surface area contributed by atoms with Gasteiger partial charge in [-0.2, -0.15) is 0 Å². The zero-order chi connectivity index (χ0) is 9.42. The highest BCUT2D eigenvalue weighted by Crippen LogP contribution is 2.42. The minimum atomic E-state index is 0.0370. The van der Waals surface area contributed by atoms with Crippen LogP contribution in [0.5, 0.6) is 0 Å². The van der Waals surface area contributed by atoms with E-state index in [1.54, 1.807) is 0 Å². The van der Waals surface area contributed by atoms with Crippen LogP contribution in [0.1, 0.15) is 46.0 Å². The molecule has 0 aromatic carbocycles. The molecule has 2 aliphatic carbocycles. The average molecular weight is 182 g/mol. The Morgan fingerprint density at radius 2 is 1.54 bits per heavy atom. The maximum Gasteiger partial charge on any atom is 0.0596 e. The number of rotatable bonds is 2. The van der Waals surface area contributed by atoms with Crippen LogP contribution in [-0.2, 0) is 0 Å². The lowest BCUT2D eigenvalue weighted by atomic mass is 9.73. The fourth-order valence-corrected chi connectivity index (χ4v) is 2.72. The van der Waals surface area contributed by atoms with Crippen molar-refractivity contribution >= 4 is 0 Å². The van der Waals surface area contributed by atoms with Crippen molar-refractivity contribution in [3.63, 3.8) is 0 Å². The Morgan fingerprint density at radius 3 is 2.08 bits per heavy atom. The van der Waals surface area contributed by atoms with Gasteiger partial charge in [0.1, 0.15) is 0 Å². The first-order valence-electron chi connectivity index (χ1n) is 5.86. The zero-order valence-corrected chi connectivity index (χ0v) is 8.87. The second-order valence-electron chi connectivity index (χ2n) is 5.36. The molecule has 1 heteroatoms. The SMILES string of the molecule is CC1CCC(C(O)C2CC2)CC1C. The summed E-state index contributed by atoms with van der Waals surface area (Å²) in [7, 11) is 0. The Kier molecular flexibility index (Phi) is 2.64. The van der Waals surface area contributed by atoms with Crippen LogP contribution in [0.3, 0.4) is 0 Å². The molecule has 0 bridgehead atoms. The molecule has 0 aromatic rings. The normalized spacial score (nSPS) is 43.2. The Labute approximate surface area is 81.5 Å². The third-order valence-corrected chi connectivity index (χ3v) is 4.23. The lowest BCUT2D eigenvalue weighted by Crippen LogP contribution is -2.30. The maximum atomic E-state index is 10.0. The highest BCUT2D eigenvalue weighted by Gasteiger charge is 2.37. The fraction of sp³-hybridized carbons (Fsp3) is 1.00. The number of hydrogen-bond acceptors (Lipinski definition) is 1. The number of hydrogen-bond donors (Lipinski definition) is 1. The van der Waals surface area contributed by atoms with Crippen molar-refractivity contribution in [3.8, 4) is 0 Å². The van der Waals surface area contributed by atoms with E-state index in [2.05, 4.69) is 13.8 Å². The van der Waals surface area contributed by atoms with E-state index in [1.807, 2.05) is 0 Å². The quantitative estimate of drug-likeness (QED) is 0.696. The molecule has 2 rings (SSSR count). The van der Waals surface area contributed by atoms with Crippen LogP contribution in [-0.4, -0.2) is 11.2 Å². The van der Waals surface area contributed by atoms with Crippen LogP contribution in [0.25, 0.3) is 0 Å². The van der Waals surface area contributed by atoms with E-state index < -0.39 is 0 Å². The van der Waals surface area contributed by atoms with Crippen molar-refractivity contribution in [2.24, 2.45) is 23.7 Å². The van der Waals surface area contributed by atoms with Gasteiger partial charge >= 0.3 is 0 Å². The smallest absolute Gasteiger partial charge is 0.0596 e. The molecule has 0 saturated heterocycles. The topological polar surface area (TPSA) is 20.2 Å². The molecule has 1 N–H and O–H groups in total. The Balaban J connectivity index is 1.86. The molecular formula is C12H22O. The van der Waals surface area contributed by atoms with E-state index in [0.29, 0.717) is 11.8 Å². The molecule has 0 aromatic heterocycles. The summed E-state index contributed by atoms with van der Waals surface area (Å²) in [5.74, 6) is 3.00. The first-order chi connectivity index (χ1) is 6.18. The predicted octanol–water partition coefficient (Wildman–Crippen LogP) is 2.83. The van der Waals surface area contributed by atoms with Gasteiger partial charge in [-0.25, -0.2) is 0 Å². The second-order valence-corrected chi connectivity index (χ2v) is 5.36. The van der Waals surface area contributed by atoms with Gasteiger partial charge in [0.15, 0.2) is 0 Å². The lowest BCUT2D eigenvalue weighted by Gasteiger charge is -2.34. The molecule has 4 atom stereocenters. The molecule has 4 unspecified atom stereocenters. The van der Waals surface area contributed by atoms with E-state index in [-0.39, 0.29) is 6.10 Å². The van der Waals surface area contributed by atoms with Gasteiger partial charge < -0.3 is 5.11 Å². The molecule has 76 valence electrons. The lowest BCUT2D eigenvalue weighted by molar-refractivity contribution is 0.0414. The summed E-state index contributed by atoms with van der Waals surface area (Å²) in [4.78, 5) is 0. The van der Waals surface area contributed by atoms with Gasteiger partial charge in [-0.1, -0.05) is 20.3 Å². The molecule has 2 aliphatic rings. The molecule has 0 amide bonds. The third kappa shape index (κ3) is 2.07.